The Hall–Kier alpha value is -2.28. The van der Waals surface area contributed by atoms with Crippen LogP contribution in [0.3, 0.4) is 0 Å². The van der Waals surface area contributed by atoms with Crippen molar-refractivity contribution in [1.29, 1.82) is 0 Å². The molecule has 0 radical (unpaired) electrons. The van der Waals surface area contributed by atoms with Gasteiger partial charge in [-0.15, -0.1) is 6.42 Å². The van der Waals surface area contributed by atoms with Gasteiger partial charge in [0.05, 0.1) is 6.42 Å². The number of carbonyl (C=O) groups excluding carboxylic acids is 1. The molecule has 1 atom stereocenters. The second-order valence-electron chi connectivity index (χ2n) is 3.13. The topological polar surface area (TPSA) is 66.4 Å². The number of terminal acetylenes is 1. The van der Waals surface area contributed by atoms with E-state index in [1.54, 1.807) is 30.3 Å². The molecule has 0 fully saturated rings. The fourth-order valence-corrected chi connectivity index (χ4v) is 1.24. The molecule has 0 saturated carbocycles. The van der Waals surface area contributed by atoms with Crippen LogP contribution in [0.1, 0.15) is 18.0 Å². The summed E-state index contributed by atoms with van der Waals surface area (Å²) >= 11 is 0. The van der Waals surface area contributed by atoms with Crippen molar-refractivity contribution < 1.29 is 14.7 Å². The van der Waals surface area contributed by atoms with Crippen molar-refractivity contribution in [3.05, 3.63) is 35.9 Å². The SMILES string of the molecule is C#CCC(=O)N[C@@H](C(=O)O)c1ccccc1. The maximum atomic E-state index is 11.2. The van der Waals surface area contributed by atoms with E-state index in [9.17, 15) is 9.59 Å². The van der Waals surface area contributed by atoms with Crippen LogP contribution in [0.25, 0.3) is 0 Å². The molecule has 0 aliphatic heterocycles. The van der Waals surface area contributed by atoms with E-state index >= 15 is 0 Å². The highest BCUT2D eigenvalue weighted by atomic mass is 16.4. The third kappa shape index (κ3) is 3.14. The molecule has 4 nitrogen and oxygen atoms in total. The second-order valence-corrected chi connectivity index (χ2v) is 3.13. The molecular weight excluding hydrogens is 206 g/mol. The molecule has 0 aliphatic carbocycles. The summed E-state index contributed by atoms with van der Waals surface area (Å²) in [6.45, 7) is 0. The molecule has 0 saturated heterocycles. The molecule has 0 aliphatic rings. The summed E-state index contributed by atoms with van der Waals surface area (Å²) in [6.07, 6.45) is 4.83. The van der Waals surface area contributed by atoms with Crippen LogP contribution in [0.4, 0.5) is 0 Å². The van der Waals surface area contributed by atoms with E-state index in [-0.39, 0.29) is 6.42 Å². The van der Waals surface area contributed by atoms with E-state index in [0.717, 1.165) is 0 Å². The first-order chi connectivity index (χ1) is 7.65. The van der Waals surface area contributed by atoms with E-state index in [2.05, 4.69) is 11.2 Å². The van der Waals surface area contributed by atoms with Gasteiger partial charge in [0.15, 0.2) is 6.04 Å². The van der Waals surface area contributed by atoms with Gasteiger partial charge < -0.3 is 10.4 Å². The highest BCUT2D eigenvalue weighted by Crippen LogP contribution is 2.12. The molecule has 0 spiro atoms. The van der Waals surface area contributed by atoms with Crippen LogP contribution in [-0.2, 0) is 9.59 Å². The van der Waals surface area contributed by atoms with Crippen LogP contribution in [0, 0.1) is 12.3 Å². The fraction of sp³-hybridized carbons (Fsp3) is 0.167. The Morgan fingerprint density at radius 2 is 2.00 bits per heavy atom. The number of amides is 1. The minimum atomic E-state index is -1.11. The van der Waals surface area contributed by atoms with Gasteiger partial charge >= 0.3 is 5.97 Å². The summed E-state index contributed by atoms with van der Waals surface area (Å²) < 4.78 is 0. The molecule has 2 N–H and O–H groups in total. The summed E-state index contributed by atoms with van der Waals surface area (Å²) in [5.41, 5.74) is 0.514. The predicted molar refractivity (Wildman–Crippen MR) is 58.4 cm³/mol. The van der Waals surface area contributed by atoms with E-state index in [0.29, 0.717) is 5.56 Å². The van der Waals surface area contributed by atoms with Crippen LogP contribution < -0.4 is 5.32 Å². The average Bonchev–Trinajstić information content (AvgIpc) is 2.27. The quantitative estimate of drug-likeness (QED) is 0.738. The van der Waals surface area contributed by atoms with E-state index in [4.69, 9.17) is 11.5 Å². The maximum Gasteiger partial charge on any atom is 0.330 e. The monoisotopic (exact) mass is 217 g/mol. The van der Waals surface area contributed by atoms with Crippen LogP contribution in [0.15, 0.2) is 30.3 Å². The van der Waals surface area contributed by atoms with Gasteiger partial charge in [-0.25, -0.2) is 4.79 Å². The molecule has 0 aromatic heterocycles. The third-order valence-electron chi connectivity index (χ3n) is 1.95. The Morgan fingerprint density at radius 1 is 1.38 bits per heavy atom. The van der Waals surface area contributed by atoms with Crippen molar-refractivity contribution in [2.45, 2.75) is 12.5 Å². The Morgan fingerprint density at radius 3 is 2.50 bits per heavy atom. The zero-order valence-corrected chi connectivity index (χ0v) is 8.51. The zero-order valence-electron chi connectivity index (χ0n) is 8.51. The van der Waals surface area contributed by atoms with Crippen LogP contribution in [-0.4, -0.2) is 17.0 Å². The lowest BCUT2D eigenvalue weighted by molar-refractivity contribution is -0.141. The number of nitrogens with one attached hydrogen (secondary N) is 1. The Labute approximate surface area is 93.3 Å². The number of carboxylic acid groups (broad SMARTS) is 1. The number of carboxylic acids is 1. The molecule has 1 aromatic rings. The molecule has 0 unspecified atom stereocenters. The Balaban J connectivity index is 2.82. The lowest BCUT2D eigenvalue weighted by Crippen LogP contribution is -2.33. The van der Waals surface area contributed by atoms with Crippen molar-refractivity contribution in [3.63, 3.8) is 0 Å². The maximum absolute atomic E-state index is 11.2. The van der Waals surface area contributed by atoms with E-state index < -0.39 is 17.9 Å². The summed E-state index contributed by atoms with van der Waals surface area (Å²) in [6, 6.07) is 7.40. The fourth-order valence-electron chi connectivity index (χ4n) is 1.24. The summed E-state index contributed by atoms with van der Waals surface area (Å²) in [4.78, 5) is 22.2. The molecule has 0 heterocycles. The molecule has 1 amide bonds. The van der Waals surface area contributed by atoms with Crippen LogP contribution in [0.2, 0.25) is 0 Å². The summed E-state index contributed by atoms with van der Waals surface area (Å²) in [5.74, 6) is 0.571. The first-order valence-electron chi connectivity index (χ1n) is 4.65. The Kier molecular flexibility index (Phi) is 4.10. The smallest absolute Gasteiger partial charge is 0.330 e. The van der Waals surface area contributed by atoms with Gasteiger partial charge in [0.2, 0.25) is 5.91 Å². The van der Waals surface area contributed by atoms with Crippen molar-refractivity contribution >= 4 is 11.9 Å². The lowest BCUT2D eigenvalue weighted by Gasteiger charge is -2.13. The standard InChI is InChI=1S/C12H11NO3/c1-2-6-10(14)13-11(12(15)16)9-7-4-3-5-8-9/h1,3-5,7-8,11H,6H2,(H,13,14)(H,15,16)/t11-/m1/s1. The van der Waals surface area contributed by atoms with Crippen molar-refractivity contribution in [2.75, 3.05) is 0 Å². The van der Waals surface area contributed by atoms with Gasteiger partial charge in [0.25, 0.3) is 0 Å². The van der Waals surface area contributed by atoms with Gasteiger partial charge in [-0.1, -0.05) is 36.3 Å². The zero-order chi connectivity index (χ0) is 12.0. The normalized spacial score (nSPS) is 11.2. The predicted octanol–water partition coefficient (Wildman–Crippen LogP) is 0.952. The van der Waals surface area contributed by atoms with Crippen LogP contribution in [0.5, 0.6) is 0 Å². The van der Waals surface area contributed by atoms with E-state index in [1.165, 1.54) is 0 Å². The second kappa shape index (κ2) is 5.56. The minimum absolute atomic E-state index is 0.128. The molecule has 4 heteroatoms. The van der Waals surface area contributed by atoms with Gasteiger partial charge in [0, 0.05) is 0 Å². The minimum Gasteiger partial charge on any atom is -0.479 e. The van der Waals surface area contributed by atoms with Gasteiger partial charge in [-0.2, -0.15) is 0 Å². The highest BCUT2D eigenvalue weighted by Gasteiger charge is 2.20. The number of hydrogen-bond acceptors (Lipinski definition) is 2. The molecule has 1 aromatic carbocycles. The van der Waals surface area contributed by atoms with Crippen molar-refractivity contribution in [3.8, 4) is 12.3 Å². The third-order valence-corrected chi connectivity index (χ3v) is 1.95. The first kappa shape index (κ1) is 11.8. The summed E-state index contributed by atoms with van der Waals surface area (Å²) in [5, 5.41) is 11.3. The highest BCUT2D eigenvalue weighted by molar-refractivity contribution is 5.85. The van der Waals surface area contributed by atoms with E-state index in [1.807, 2.05) is 0 Å². The lowest BCUT2D eigenvalue weighted by atomic mass is 10.1. The molecule has 16 heavy (non-hydrogen) atoms. The Bertz CT molecular complexity index is 420. The number of benzene rings is 1. The van der Waals surface area contributed by atoms with Crippen LogP contribution >= 0.6 is 0 Å². The summed E-state index contributed by atoms with van der Waals surface area (Å²) in [7, 11) is 0. The van der Waals surface area contributed by atoms with Crippen molar-refractivity contribution in [1.82, 2.24) is 5.32 Å². The largest absolute Gasteiger partial charge is 0.479 e. The van der Waals surface area contributed by atoms with Gasteiger partial charge in [-0.05, 0) is 5.56 Å². The first-order valence-corrected chi connectivity index (χ1v) is 4.65. The molecule has 82 valence electrons. The van der Waals surface area contributed by atoms with Gasteiger partial charge in [-0.3, -0.25) is 4.79 Å². The number of hydrogen-bond donors (Lipinski definition) is 2. The number of carbonyl (C=O) groups is 2. The molecule has 1 rings (SSSR count). The van der Waals surface area contributed by atoms with Gasteiger partial charge in [0.1, 0.15) is 0 Å². The van der Waals surface area contributed by atoms with Crippen molar-refractivity contribution in [2.24, 2.45) is 0 Å². The molecule has 0 bridgehead atoms. The average molecular weight is 217 g/mol. The molecular formula is C12H11NO3. The number of aliphatic carboxylic acids is 1. The number of rotatable bonds is 4.